The van der Waals surface area contributed by atoms with Gasteiger partial charge in [-0.25, -0.2) is 0 Å². The fourth-order valence-electron chi connectivity index (χ4n) is 9.46. The molecular formula is C61H118O6. The molecular weight excluding hydrogens is 829 g/mol. The molecule has 1 atom stereocenters. The van der Waals surface area contributed by atoms with Crippen LogP contribution in [0.4, 0.5) is 0 Å². The van der Waals surface area contributed by atoms with Crippen LogP contribution in [0.5, 0.6) is 0 Å². The highest BCUT2D eigenvalue weighted by atomic mass is 16.6. The molecule has 0 spiro atoms. The van der Waals surface area contributed by atoms with Crippen LogP contribution in [0.3, 0.4) is 0 Å². The molecule has 0 fully saturated rings. The van der Waals surface area contributed by atoms with Crippen molar-refractivity contribution in [2.75, 3.05) is 13.2 Å². The quantitative estimate of drug-likeness (QED) is 0.0343. The number of esters is 3. The van der Waals surface area contributed by atoms with E-state index in [0.29, 0.717) is 19.3 Å². The Morgan fingerprint density at radius 2 is 0.493 bits per heavy atom. The van der Waals surface area contributed by atoms with Crippen molar-refractivity contribution in [3.05, 3.63) is 0 Å². The molecule has 0 aromatic carbocycles. The van der Waals surface area contributed by atoms with E-state index in [-0.39, 0.29) is 31.1 Å². The predicted molar refractivity (Wildman–Crippen MR) is 289 cm³/mol. The Hall–Kier alpha value is -1.59. The highest BCUT2D eigenvalue weighted by Crippen LogP contribution is 2.18. The Kier molecular flexibility index (Phi) is 54.0. The lowest BCUT2D eigenvalue weighted by Crippen LogP contribution is -2.30. The summed E-state index contributed by atoms with van der Waals surface area (Å²) >= 11 is 0. The highest BCUT2D eigenvalue weighted by Gasteiger charge is 2.19. The third kappa shape index (κ3) is 55.2. The van der Waals surface area contributed by atoms with E-state index >= 15 is 0 Å². The van der Waals surface area contributed by atoms with Crippen molar-refractivity contribution >= 4 is 17.9 Å². The van der Waals surface area contributed by atoms with E-state index in [1.54, 1.807) is 0 Å². The lowest BCUT2D eigenvalue weighted by molar-refractivity contribution is -0.167. The molecule has 0 aliphatic carbocycles. The van der Waals surface area contributed by atoms with E-state index in [4.69, 9.17) is 14.2 Å². The minimum absolute atomic E-state index is 0.0619. The molecule has 0 radical (unpaired) electrons. The monoisotopic (exact) mass is 947 g/mol. The van der Waals surface area contributed by atoms with Crippen LogP contribution < -0.4 is 0 Å². The summed E-state index contributed by atoms with van der Waals surface area (Å²) in [5, 5.41) is 0. The normalized spacial score (nSPS) is 12.0. The number of hydrogen-bond acceptors (Lipinski definition) is 6. The number of carbonyl (C=O) groups is 3. The second-order valence-electron chi connectivity index (χ2n) is 21.5. The number of rotatable bonds is 56. The summed E-state index contributed by atoms with van der Waals surface area (Å²) in [6, 6.07) is 0. The zero-order chi connectivity index (χ0) is 48.8. The van der Waals surface area contributed by atoms with Gasteiger partial charge >= 0.3 is 17.9 Å². The number of ether oxygens (including phenoxy) is 3. The third-order valence-corrected chi connectivity index (χ3v) is 14.0. The molecule has 0 heterocycles. The zero-order valence-corrected chi connectivity index (χ0v) is 45.9. The van der Waals surface area contributed by atoms with Gasteiger partial charge in [-0.05, 0) is 25.2 Å². The van der Waals surface area contributed by atoms with Crippen molar-refractivity contribution in [3.63, 3.8) is 0 Å². The Morgan fingerprint density at radius 1 is 0.284 bits per heavy atom. The summed E-state index contributed by atoms with van der Waals surface area (Å²) in [7, 11) is 0. The molecule has 0 aliphatic heterocycles. The average molecular weight is 948 g/mol. The summed E-state index contributed by atoms with van der Waals surface area (Å²) < 4.78 is 16.9. The largest absolute Gasteiger partial charge is 0.462 e. The second-order valence-corrected chi connectivity index (χ2v) is 21.5. The standard InChI is InChI=1S/C61H118O6/c1-5-7-9-11-13-15-17-19-21-23-25-27-29-31-33-37-42-46-50-54-61(64)67-58(56-66-60(63)53-49-45-41-38-34-35-39-43-47-51-57(3)4)55-65-59(62)52-48-44-40-36-32-30-28-26-24-22-20-18-16-14-12-10-8-6-2/h57-58H,5-56H2,1-4H3/t58-/m0/s1. The molecule has 0 unspecified atom stereocenters. The van der Waals surface area contributed by atoms with E-state index < -0.39 is 6.10 Å². The van der Waals surface area contributed by atoms with Gasteiger partial charge in [0.1, 0.15) is 13.2 Å². The molecule has 67 heavy (non-hydrogen) atoms. The van der Waals surface area contributed by atoms with Gasteiger partial charge in [-0.15, -0.1) is 0 Å². The van der Waals surface area contributed by atoms with Crippen LogP contribution in [0, 0.1) is 5.92 Å². The molecule has 0 rings (SSSR count). The first kappa shape index (κ1) is 65.4. The number of unbranched alkanes of at least 4 members (excludes halogenated alkanes) is 43. The fraction of sp³-hybridized carbons (Fsp3) is 0.951. The molecule has 0 amide bonds. The first-order valence-electron chi connectivity index (χ1n) is 30.4. The van der Waals surface area contributed by atoms with Gasteiger partial charge in [-0.2, -0.15) is 0 Å². The highest BCUT2D eigenvalue weighted by molar-refractivity contribution is 5.71. The van der Waals surface area contributed by atoms with Gasteiger partial charge in [0.05, 0.1) is 0 Å². The number of hydrogen-bond donors (Lipinski definition) is 0. The topological polar surface area (TPSA) is 78.9 Å². The summed E-state index contributed by atoms with van der Waals surface area (Å²) in [5.41, 5.74) is 0. The molecule has 0 saturated carbocycles. The van der Waals surface area contributed by atoms with Crippen molar-refractivity contribution in [3.8, 4) is 0 Å². The smallest absolute Gasteiger partial charge is 0.306 e. The van der Waals surface area contributed by atoms with Crippen molar-refractivity contribution in [2.45, 2.75) is 355 Å². The van der Waals surface area contributed by atoms with E-state index in [0.717, 1.165) is 63.7 Å². The molecule has 0 N–H and O–H groups in total. The SMILES string of the molecule is CCCCCCCCCCCCCCCCCCCCCC(=O)O[C@@H](COC(=O)CCCCCCCCCCCCCCCCCCCC)COC(=O)CCCCCCCCCCCC(C)C. The van der Waals surface area contributed by atoms with Crippen molar-refractivity contribution < 1.29 is 28.6 Å². The van der Waals surface area contributed by atoms with Crippen LogP contribution in [0.15, 0.2) is 0 Å². The lowest BCUT2D eigenvalue weighted by atomic mass is 10.0. The van der Waals surface area contributed by atoms with E-state index in [9.17, 15) is 14.4 Å². The van der Waals surface area contributed by atoms with Gasteiger partial charge in [0.15, 0.2) is 6.10 Å². The number of carbonyl (C=O) groups excluding carboxylic acids is 3. The van der Waals surface area contributed by atoms with E-state index in [2.05, 4.69) is 27.7 Å². The molecule has 0 saturated heterocycles. The maximum absolute atomic E-state index is 12.9. The third-order valence-electron chi connectivity index (χ3n) is 14.0. The molecule has 6 nitrogen and oxygen atoms in total. The summed E-state index contributed by atoms with van der Waals surface area (Å²) in [6.45, 7) is 9.05. The van der Waals surface area contributed by atoms with Gasteiger partial charge in [-0.3, -0.25) is 14.4 Å². The van der Waals surface area contributed by atoms with Crippen LogP contribution >= 0.6 is 0 Å². The van der Waals surface area contributed by atoms with E-state index in [1.165, 1.54) is 244 Å². The van der Waals surface area contributed by atoms with E-state index in [1.807, 2.05) is 0 Å². The zero-order valence-electron chi connectivity index (χ0n) is 45.9. The first-order chi connectivity index (χ1) is 32.9. The van der Waals surface area contributed by atoms with Crippen molar-refractivity contribution in [1.82, 2.24) is 0 Å². The molecule has 6 heteroatoms. The van der Waals surface area contributed by atoms with Crippen molar-refractivity contribution in [1.29, 1.82) is 0 Å². The van der Waals surface area contributed by atoms with Gasteiger partial charge in [-0.1, -0.05) is 310 Å². The van der Waals surface area contributed by atoms with Crippen LogP contribution in [-0.4, -0.2) is 37.2 Å². The molecule has 0 aliphatic rings. The Labute approximate surface area is 418 Å². The molecule has 0 aromatic rings. The van der Waals surface area contributed by atoms with Crippen molar-refractivity contribution in [2.24, 2.45) is 5.92 Å². The second kappa shape index (κ2) is 55.3. The Morgan fingerprint density at radius 3 is 0.731 bits per heavy atom. The Bertz CT molecular complexity index is 1010. The minimum Gasteiger partial charge on any atom is -0.462 e. The average Bonchev–Trinajstić information content (AvgIpc) is 3.31. The molecule has 0 bridgehead atoms. The van der Waals surface area contributed by atoms with Crippen LogP contribution in [0.1, 0.15) is 349 Å². The summed E-state index contributed by atoms with van der Waals surface area (Å²) in [4.78, 5) is 38.2. The van der Waals surface area contributed by atoms with Gasteiger partial charge in [0.2, 0.25) is 0 Å². The first-order valence-corrected chi connectivity index (χ1v) is 30.4. The molecule has 0 aromatic heterocycles. The van der Waals surface area contributed by atoms with Crippen LogP contribution in [0.25, 0.3) is 0 Å². The summed E-state index contributed by atoms with van der Waals surface area (Å²) in [6.07, 6.45) is 61.1. The van der Waals surface area contributed by atoms with Gasteiger partial charge in [0, 0.05) is 19.3 Å². The van der Waals surface area contributed by atoms with Gasteiger partial charge < -0.3 is 14.2 Å². The fourth-order valence-corrected chi connectivity index (χ4v) is 9.46. The Balaban J connectivity index is 4.25. The van der Waals surface area contributed by atoms with Gasteiger partial charge in [0.25, 0.3) is 0 Å². The molecule has 398 valence electrons. The lowest BCUT2D eigenvalue weighted by Gasteiger charge is -2.18. The maximum atomic E-state index is 12.9. The maximum Gasteiger partial charge on any atom is 0.306 e. The summed E-state index contributed by atoms with van der Waals surface area (Å²) in [5.74, 6) is -0.0257. The minimum atomic E-state index is -0.762. The van der Waals surface area contributed by atoms with Crippen LogP contribution in [-0.2, 0) is 28.6 Å². The predicted octanol–water partition coefficient (Wildman–Crippen LogP) is 20.2. The van der Waals surface area contributed by atoms with Crippen LogP contribution in [0.2, 0.25) is 0 Å².